The third-order valence-corrected chi connectivity index (χ3v) is 3.09. The highest BCUT2D eigenvalue weighted by Crippen LogP contribution is 2.29. The molecule has 1 heterocycles. The summed E-state index contributed by atoms with van der Waals surface area (Å²) in [6.07, 6.45) is 0. The maximum absolute atomic E-state index is 5.84. The lowest BCUT2D eigenvalue weighted by Crippen LogP contribution is -1.96. The summed E-state index contributed by atoms with van der Waals surface area (Å²) in [5.74, 6) is 1.22. The van der Waals surface area contributed by atoms with Crippen molar-refractivity contribution in [1.82, 2.24) is 10.2 Å². The van der Waals surface area contributed by atoms with Gasteiger partial charge in [0.1, 0.15) is 12.4 Å². The van der Waals surface area contributed by atoms with Gasteiger partial charge in [0.25, 0.3) is 0 Å². The van der Waals surface area contributed by atoms with Crippen LogP contribution in [0.15, 0.2) is 42.5 Å². The van der Waals surface area contributed by atoms with Crippen molar-refractivity contribution >= 4 is 16.7 Å². The number of fused-ring (bicyclic) bond motifs is 1. The predicted molar refractivity (Wildman–Crippen MR) is 76.0 cm³/mol. The Kier molecular flexibility index (Phi) is 2.83. The summed E-state index contributed by atoms with van der Waals surface area (Å²) in [5.41, 5.74) is 9.10. The van der Waals surface area contributed by atoms with Gasteiger partial charge < -0.3 is 10.5 Å². The molecule has 0 aliphatic heterocycles. The highest BCUT2D eigenvalue weighted by molar-refractivity contribution is 5.94. The Balaban J connectivity index is 1.85. The summed E-state index contributed by atoms with van der Waals surface area (Å²) in [5, 5.41) is 7.72. The van der Waals surface area contributed by atoms with Crippen LogP contribution in [0.2, 0.25) is 0 Å². The van der Waals surface area contributed by atoms with Crippen molar-refractivity contribution in [2.24, 2.45) is 0 Å². The molecule has 0 radical (unpaired) electrons. The highest BCUT2D eigenvalue weighted by atomic mass is 16.5. The fraction of sp³-hybridized carbons (Fsp3) is 0.133. The minimum absolute atomic E-state index is 0.467. The molecular weight excluding hydrogens is 238 g/mol. The van der Waals surface area contributed by atoms with Crippen LogP contribution in [0.4, 0.5) is 5.82 Å². The molecule has 4 nitrogen and oxygen atoms in total. The Morgan fingerprint density at radius 3 is 2.74 bits per heavy atom. The number of hydrogen-bond acceptors (Lipinski definition) is 3. The van der Waals surface area contributed by atoms with Gasteiger partial charge in [-0.1, -0.05) is 35.9 Å². The van der Waals surface area contributed by atoms with E-state index in [1.165, 1.54) is 5.56 Å². The molecule has 19 heavy (non-hydrogen) atoms. The van der Waals surface area contributed by atoms with Crippen LogP contribution < -0.4 is 10.5 Å². The van der Waals surface area contributed by atoms with Crippen LogP contribution in [-0.4, -0.2) is 10.2 Å². The van der Waals surface area contributed by atoms with E-state index in [0.717, 1.165) is 22.2 Å². The first-order valence-corrected chi connectivity index (χ1v) is 6.15. The Morgan fingerprint density at radius 2 is 1.95 bits per heavy atom. The van der Waals surface area contributed by atoms with Gasteiger partial charge >= 0.3 is 0 Å². The van der Waals surface area contributed by atoms with Crippen molar-refractivity contribution in [2.75, 3.05) is 5.73 Å². The molecule has 3 rings (SSSR count). The zero-order valence-corrected chi connectivity index (χ0v) is 10.7. The van der Waals surface area contributed by atoms with E-state index in [0.29, 0.717) is 12.4 Å². The summed E-state index contributed by atoms with van der Waals surface area (Å²) in [6, 6.07) is 14.0. The number of aryl methyl sites for hydroxylation is 1. The van der Waals surface area contributed by atoms with E-state index in [-0.39, 0.29) is 0 Å². The molecule has 0 aliphatic carbocycles. The zero-order chi connectivity index (χ0) is 13.2. The van der Waals surface area contributed by atoms with Crippen molar-refractivity contribution in [3.8, 4) is 5.75 Å². The van der Waals surface area contributed by atoms with Gasteiger partial charge in [-0.2, -0.15) is 5.10 Å². The lowest BCUT2D eigenvalue weighted by atomic mass is 10.2. The molecule has 96 valence electrons. The fourth-order valence-electron chi connectivity index (χ4n) is 2.03. The molecule has 3 aromatic rings. The number of nitrogens with one attached hydrogen (secondary N) is 1. The van der Waals surface area contributed by atoms with E-state index in [9.17, 15) is 0 Å². The molecule has 0 fully saturated rings. The largest absolute Gasteiger partial charge is 0.488 e. The Bertz CT molecular complexity index is 701. The van der Waals surface area contributed by atoms with Gasteiger partial charge in [0.15, 0.2) is 5.82 Å². The average Bonchev–Trinajstić information content (AvgIpc) is 2.81. The first-order chi connectivity index (χ1) is 9.24. The summed E-state index contributed by atoms with van der Waals surface area (Å²) in [7, 11) is 0. The number of rotatable bonds is 3. The normalized spacial score (nSPS) is 10.8. The number of nitrogens with two attached hydrogens (primary N) is 1. The van der Waals surface area contributed by atoms with E-state index >= 15 is 0 Å². The summed E-state index contributed by atoms with van der Waals surface area (Å²) >= 11 is 0. The molecule has 0 saturated carbocycles. The van der Waals surface area contributed by atoms with Crippen LogP contribution in [-0.2, 0) is 6.61 Å². The van der Waals surface area contributed by atoms with Crippen LogP contribution in [0.3, 0.4) is 0 Å². The number of aromatic nitrogens is 2. The van der Waals surface area contributed by atoms with Crippen molar-refractivity contribution in [3.05, 3.63) is 53.6 Å². The summed E-state index contributed by atoms with van der Waals surface area (Å²) < 4.78 is 5.84. The lowest BCUT2D eigenvalue weighted by Gasteiger charge is -2.08. The molecule has 0 aliphatic rings. The second-order valence-electron chi connectivity index (χ2n) is 4.56. The Labute approximate surface area is 111 Å². The van der Waals surface area contributed by atoms with Gasteiger partial charge in [0.2, 0.25) is 0 Å². The lowest BCUT2D eigenvalue weighted by molar-refractivity contribution is 0.310. The van der Waals surface area contributed by atoms with Crippen LogP contribution in [0.25, 0.3) is 10.9 Å². The van der Waals surface area contributed by atoms with Crippen LogP contribution >= 0.6 is 0 Å². The van der Waals surface area contributed by atoms with E-state index in [1.54, 1.807) is 0 Å². The molecule has 0 saturated heterocycles. The number of aromatic amines is 1. The topological polar surface area (TPSA) is 63.9 Å². The molecule has 1 aromatic heterocycles. The average molecular weight is 253 g/mol. The molecule has 0 atom stereocenters. The summed E-state index contributed by atoms with van der Waals surface area (Å²) in [4.78, 5) is 0. The van der Waals surface area contributed by atoms with E-state index in [2.05, 4.69) is 41.4 Å². The van der Waals surface area contributed by atoms with E-state index < -0.39 is 0 Å². The maximum atomic E-state index is 5.84. The van der Waals surface area contributed by atoms with Gasteiger partial charge in [0, 0.05) is 0 Å². The minimum atomic E-state index is 0.467. The third kappa shape index (κ3) is 2.25. The smallest absolute Gasteiger partial charge is 0.156 e. The predicted octanol–water partition coefficient (Wildman–Crippen LogP) is 3.03. The van der Waals surface area contributed by atoms with Gasteiger partial charge in [0.05, 0.1) is 10.9 Å². The molecule has 2 aromatic carbocycles. The van der Waals surface area contributed by atoms with Gasteiger partial charge in [-0.15, -0.1) is 0 Å². The number of nitrogen functional groups attached to an aromatic ring is 1. The Morgan fingerprint density at radius 1 is 1.16 bits per heavy atom. The van der Waals surface area contributed by atoms with Crippen LogP contribution in [0.1, 0.15) is 11.1 Å². The first kappa shape index (κ1) is 11.6. The molecule has 0 spiro atoms. The second kappa shape index (κ2) is 4.65. The molecule has 0 amide bonds. The standard InChI is InChI=1S/C15H15N3O/c1-10-5-7-11(8-6-10)9-19-13-4-2-3-12-14(13)15(16)18-17-12/h2-8H,9H2,1H3,(H3,16,17,18). The molecular formula is C15H15N3O. The van der Waals surface area contributed by atoms with E-state index in [1.807, 2.05) is 18.2 Å². The maximum Gasteiger partial charge on any atom is 0.156 e. The second-order valence-corrected chi connectivity index (χ2v) is 4.56. The molecule has 0 unspecified atom stereocenters. The molecule has 4 heteroatoms. The molecule has 0 bridgehead atoms. The fourth-order valence-corrected chi connectivity index (χ4v) is 2.03. The number of benzene rings is 2. The quantitative estimate of drug-likeness (QED) is 0.754. The third-order valence-electron chi connectivity index (χ3n) is 3.09. The number of anilines is 1. The highest BCUT2D eigenvalue weighted by Gasteiger charge is 2.08. The van der Waals surface area contributed by atoms with Gasteiger partial charge in [-0.05, 0) is 24.6 Å². The SMILES string of the molecule is Cc1ccc(COc2cccc3[nH]nc(N)c23)cc1. The van der Waals surface area contributed by atoms with Gasteiger partial charge in [-0.3, -0.25) is 5.10 Å². The van der Waals surface area contributed by atoms with Crippen molar-refractivity contribution in [1.29, 1.82) is 0 Å². The van der Waals surface area contributed by atoms with Crippen molar-refractivity contribution < 1.29 is 4.74 Å². The minimum Gasteiger partial charge on any atom is -0.488 e. The first-order valence-electron chi connectivity index (χ1n) is 6.15. The number of ether oxygens (including phenoxy) is 1. The number of nitrogens with zero attached hydrogens (tertiary/aromatic N) is 1. The van der Waals surface area contributed by atoms with Crippen molar-refractivity contribution in [3.63, 3.8) is 0 Å². The monoisotopic (exact) mass is 253 g/mol. The van der Waals surface area contributed by atoms with Crippen molar-refractivity contribution in [2.45, 2.75) is 13.5 Å². The zero-order valence-electron chi connectivity index (χ0n) is 10.7. The van der Waals surface area contributed by atoms with Crippen LogP contribution in [0, 0.1) is 6.92 Å². The van der Waals surface area contributed by atoms with Gasteiger partial charge in [-0.25, -0.2) is 0 Å². The van der Waals surface area contributed by atoms with Crippen LogP contribution in [0.5, 0.6) is 5.75 Å². The summed E-state index contributed by atoms with van der Waals surface area (Å²) in [6.45, 7) is 2.58. The Hall–Kier alpha value is -2.49. The van der Waals surface area contributed by atoms with E-state index in [4.69, 9.17) is 10.5 Å². The number of hydrogen-bond donors (Lipinski definition) is 2. The molecule has 3 N–H and O–H groups in total. The number of H-pyrrole nitrogens is 1.